The van der Waals surface area contributed by atoms with Crippen molar-refractivity contribution in [3.8, 4) is 0 Å². The van der Waals surface area contributed by atoms with E-state index in [-0.39, 0.29) is 23.5 Å². The van der Waals surface area contributed by atoms with Gasteiger partial charge in [0.2, 0.25) is 5.91 Å². The minimum absolute atomic E-state index is 0.0928. The van der Waals surface area contributed by atoms with Gasteiger partial charge in [-0.1, -0.05) is 35.3 Å². The Hall–Kier alpha value is -2.31. The zero-order valence-corrected chi connectivity index (χ0v) is 18.6. The quantitative estimate of drug-likeness (QED) is 0.679. The Balaban J connectivity index is 1.30. The number of piperidine rings is 1. The van der Waals surface area contributed by atoms with Crippen LogP contribution in [-0.4, -0.2) is 60.9 Å². The molecule has 2 amide bonds. The Morgan fingerprint density at radius 1 is 0.871 bits per heavy atom. The van der Waals surface area contributed by atoms with Gasteiger partial charge in [-0.05, 0) is 43.2 Å². The lowest BCUT2D eigenvalue weighted by Crippen LogP contribution is -2.52. The van der Waals surface area contributed by atoms with Gasteiger partial charge in [-0.25, -0.2) is 4.39 Å². The van der Waals surface area contributed by atoms with Crippen molar-refractivity contribution in [2.24, 2.45) is 5.92 Å². The maximum absolute atomic E-state index is 14.0. The van der Waals surface area contributed by atoms with E-state index >= 15 is 0 Å². The first-order valence-electron chi connectivity index (χ1n) is 10.5. The molecule has 2 aliphatic heterocycles. The van der Waals surface area contributed by atoms with Crippen molar-refractivity contribution in [1.29, 1.82) is 0 Å². The SMILES string of the molecule is O=C(c1ccc(Cl)cc1Cl)N1CCC(C(=O)N2CCN(c3ccccc3F)CC2)CC1. The minimum Gasteiger partial charge on any atom is -0.366 e. The highest BCUT2D eigenvalue weighted by Crippen LogP contribution is 2.27. The summed E-state index contributed by atoms with van der Waals surface area (Å²) >= 11 is 12.1. The molecule has 0 atom stereocenters. The molecule has 0 aliphatic carbocycles. The number of anilines is 1. The van der Waals surface area contributed by atoms with Gasteiger partial charge < -0.3 is 14.7 Å². The second kappa shape index (κ2) is 9.45. The third-order valence-corrected chi connectivity index (χ3v) is 6.63. The molecule has 5 nitrogen and oxygen atoms in total. The average Bonchev–Trinajstić information content (AvgIpc) is 2.79. The number of hydrogen-bond donors (Lipinski definition) is 0. The van der Waals surface area contributed by atoms with Crippen molar-refractivity contribution in [3.05, 3.63) is 63.9 Å². The van der Waals surface area contributed by atoms with Crippen molar-refractivity contribution in [1.82, 2.24) is 9.80 Å². The van der Waals surface area contributed by atoms with Crippen LogP contribution in [0.5, 0.6) is 0 Å². The van der Waals surface area contributed by atoms with E-state index in [1.165, 1.54) is 6.07 Å². The molecule has 2 aromatic rings. The Bertz CT molecular complexity index is 971. The molecule has 2 saturated heterocycles. The van der Waals surface area contributed by atoms with Gasteiger partial charge in [0.1, 0.15) is 5.82 Å². The fourth-order valence-corrected chi connectivity index (χ4v) is 4.79. The average molecular weight is 464 g/mol. The number of nitrogens with zero attached hydrogens (tertiary/aromatic N) is 3. The summed E-state index contributed by atoms with van der Waals surface area (Å²) in [5, 5.41) is 0.823. The first-order chi connectivity index (χ1) is 14.9. The standard InChI is InChI=1S/C23H24Cl2FN3O2/c24-17-5-6-18(19(25)15-17)23(31)28-9-7-16(8-10-28)22(30)29-13-11-27(12-14-29)21-4-2-1-3-20(21)26/h1-6,15-16H,7-14H2. The lowest BCUT2D eigenvalue weighted by atomic mass is 9.94. The third-order valence-electron chi connectivity index (χ3n) is 6.08. The van der Waals surface area contributed by atoms with E-state index in [2.05, 4.69) is 0 Å². The fourth-order valence-electron chi connectivity index (χ4n) is 4.30. The maximum Gasteiger partial charge on any atom is 0.255 e. The number of likely N-dealkylation sites (tertiary alicyclic amines) is 1. The molecule has 0 saturated carbocycles. The molecule has 0 bridgehead atoms. The number of amides is 2. The molecule has 2 fully saturated rings. The van der Waals surface area contributed by atoms with E-state index < -0.39 is 0 Å². The summed E-state index contributed by atoms with van der Waals surface area (Å²) in [6, 6.07) is 11.6. The van der Waals surface area contributed by atoms with E-state index in [4.69, 9.17) is 23.2 Å². The molecule has 31 heavy (non-hydrogen) atoms. The maximum atomic E-state index is 14.0. The van der Waals surface area contributed by atoms with Crippen LogP contribution in [0.4, 0.5) is 10.1 Å². The summed E-state index contributed by atoms with van der Waals surface area (Å²) in [7, 11) is 0. The van der Waals surface area contributed by atoms with Crippen LogP contribution in [0.1, 0.15) is 23.2 Å². The van der Waals surface area contributed by atoms with E-state index in [0.29, 0.717) is 73.4 Å². The molecule has 164 valence electrons. The molecule has 2 aliphatic rings. The van der Waals surface area contributed by atoms with Crippen molar-refractivity contribution in [2.45, 2.75) is 12.8 Å². The van der Waals surface area contributed by atoms with E-state index in [1.807, 2.05) is 15.9 Å². The van der Waals surface area contributed by atoms with Crippen molar-refractivity contribution >= 4 is 40.7 Å². The van der Waals surface area contributed by atoms with Crippen LogP contribution < -0.4 is 4.90 Å². The van der Waals surface area contributed by atoms with Gasteiger partial charge >= 0.3 is 0 Å². The predicted molar refractivity (Wildman–Crippen MR) is 120 cm³/mol. The number of carbonyl (C=O) groups is 2. The smallest absolute Gasteiger partial charge is 0.255 e. The number of halogens is 3. The Morgan fingerprint density at radius 3 is 2.19 bits per heavy atom. The number of benzene rings is 2. The van der Waals surface area contributed by atoms with Crippen molar-refractivity contribution < 1.29 is 14.0 Å². The van der Waals surface area contributed by atoms with E-state index in [1.54, 1.807) is 35.2 Å². The lowest BCUT2D eigenvalue weighted by Gasteiger charge is -2.39. The van der Waals surface area contributed by atoms with Crippen LogP contribution in [-0.2, 0) is 4.79 Å². The molecule has 0 aromatic heterocycles. The monoisotopic (exact) mass is 463 g/mol. The number of para-hydroxylation sites is 1. The highest BCUT2D eigenvalue weighted by atomic mass is 35.5. The van der Waals surface area contributed by atoms with Gasteiger partial charge in [-0.3, -0.25) is 9.59 Å². The van der Waals surface area contributed by atoms with Crippen LogP contribution in [0, 0.1) is 11.7 Å². The predicted octanol–water partition coefficient (Wildman–Crippen LogP) is 4.33. The van der Waals surface area contributed by atoms with Gasteiger partial charge in [-0.2, -0.15) is 0 Å². The van der Waals surface area contributed by atoms with Crippen molar-refractivity contribution in [2.75, 3.05) is 44.2 Å². The van der Waals surface area contributed by atoms with Gasteiger partial charge in [0.15, 0.2) is 0 Å². The molecule has 2 heterocycles. The largest absolute Gasteiger partial charge is 0.366 e. The topological polar surface area (TPSA) is 43.9 Å². The summed E-state index contributed by atoms with van der Waals surface area (Å²) in [5.74, 6) is -0.333. The summed E-state index contributed by atoms with van der Waals surface area (Å²) in [5.41, 5.74) is 1.02. The first kappa shape index (κ1) is 21.9. The number of rotatable bonds is 3. The number of hydrogen-bond acceptors (Lipinski definition) is 3. The Kier molecular flexibility index (Phi) is 6.68. The highest BCUT2D eigenvalue weighted by molar-refractivity contribution is 6.36. The number of piperazine rings is 1. The van der Waals surface area contributed by atoms with Gasteiger partial charge in [0, 0.05) is 50.2 Å². The highest BCUT2D eigenvalue weighted by Gasteiger charge is 2.32. The molecule has 4 rings (SSSR count). The molecule has 8 heteroatoms. The van der Waals surface area contributed by atoms with Crippen molar-refractivity contribution in [3.63, 3.8) is 0 Å². The molecule has 0 spiro atoms. The Labute approximate surface area is 191 Å². The minimum atomic E-state index is -0.236. The zero-order chi connectivity index (χ0) is 22.0. The molecule has 0 unspecified atom stereocenters. The molecule has 2 aromatic carbocycles. The molecular weight excluding hydrogens is 440 g/mol. The van der Waals surface area contributed by atoms with Crippen LogP contribution in [0.2, 0.25) is 10.0 Å². The van der Waals surface area contributed by atoms with Crippen LogP contribution in [0.25, 0.3) is 0 Å². The normalized spacial score (nSPS) is 17.7. The third kappa shape index (κ3) is 4.80. The van der Waals surface area contributed by atoms with Gasteiger partial charge in [0.25, 0.3) is 5.91 Å². The fraction of sp³-hybridized carbons (Fsp3) is 0.391. The zero-order valence-electron chi connectivity index (χ0n) is 17.1. The van der Waals surface area contributed by atoms with Gasteiger partial charge in [0.05, 0.1) is 16.3 Å². The van der Waals surface area contributed by atoms with E-state index in [0.717, 1.165) is 0 Å². The first-order valence-corrected chi connectivity index (χ1v) is 11.2. The lowest BCUT2D eigenvalue weighted by molar-refractivity contribution is -0.137. The summed E-state index contributed by atoms with van der Waals surface area (Å²) in [6.07, 6.45) is 1.26. The molecular formula is C23H24Cl2FN3O2. The number of carbonyl (C=O) groups excluding carboxylic acids is 2. The molecule has 0 N–H and O–H groups in total. The summed E-state index contributed by atoms with van der Waals surface area (Å²) in [6.45, 7) is 3.41. The van der Waals surface area contributed by atoms with Crippen LogP contribution in [0.3, 0.4) is 0 Å². The second-order valence-electron chi connectivity index (χ2n) is 7.95. The van der Waals surface area contributed by atoms with Gasteiger partial charge in [-0.15, -0.1) is 0 Å². The summed E-state index contributed by atoms with van der Waals surface area (Å²) in [4.78, 5) is 31.4. The van der Waals surface area contributed by atoms with Crippen LogP contribution in [0.15, 0.2) is 42.5 Å². The second-order valence-corrected chi connectivity index (χ2v) is 8.80. The molecule has 0 radical (unpaired) electrons. The van der Waals surface area contributed by atoms with Crippen LogP contribution >= 0.6 is 23.2 Å². The Morgan fingerprint density at radius 2 is 1.55 bits per heavy atom. The van der Waals surface area contributed by atoms with E-state index in [9.17, 15) is 14.0 Å². The summed E-state index contributed by atoms with van der Waals surface area (Å²) < 4.78 is 14.0.